The molecule has 3 heterocycles. The molecule has 0 atom stereocenters. The van der Waals surface area contributed by atoms with Gasteiger partial charge in [-0.25, -0.2) is 0 Å². The number of nitrogens with one attached hydrogen (secondary N) is 1. The Morgan fingerprint density at radius 3 is 2.61 bits per heavy atom. The van der Waals surface area contributed by atoms with Gasteiger partial charge in [0.1, 0.15) is 11.4 Å². The number of nitriles is 1. The third kappa shape index (κ3) is 3.83. The van der Waals surface area contributed by atoms with Crippen LogP contribution in [0.3, 0.4) is 0 Å². The van der Waals surface area contributed by atoms with Crippen LogP contribution in [0.25, 0.3) is 44.0 Å². The largest absolute Gasteiger partial charge is 0.496 e. The summed E-state index contributed by atoms with van der Waals surface area (Å²) in [7, 11) is -3.45. The first kappa shape index (κ1) is 24.2. The van der Waals surface area contributed by atoms with Crippen molar-refractivity contribution < 1.29 is 21.8 Å². The third-order valence-corrected chi connectivity index (χ3v) is 8.00. The van der Waals surface area contributed by atoms with Gasteiger partial charge < -0.3 is 19.0 Å². The number of fused-ring (bicyclic) bond motifs is 4. The molecule has 1 fully saturated rings. The molecule has 0 aliphatic carbocycles. The van der Waals surface area contributed by atoms with Crippen molar-refractivity contribution in [3.63, 3.8) is 0 Å². The second kappa shape index (κ2) is 8.97. The fourth-order valence-electron chi connectivity index (χ4n) is 5.40. The summed E-state index contributed by atoms with van der Waals surface area (Å²) in [6.07, 6.45) is 1.45. The first-order valence-corrected chi connectivity index (χ1v) is 13.4. The van der Waals surface area contributed by atoms with Gasteiger partial charge in [0.2, 0.25) is 0 Å². The lowest BCUT2D eigenvalue weighted by Crippen LogP contribution is -2.22. The number of ether oxygens (including phenoxy) is 2. The standard InChI is InChI=1S/C28H22FN3O5S/c1-36-25-14-22-24(13-21(25)17-3-2-4-19(12-17)38(29,34)35)32(18-7-9-37-10-8-18)28-26(27(22)33)20-6-5-16(15-30)11-23(20)31-28/h2-6,11-14,18,31H,7-10H2,1H3. The van der Waals surface area contributed by atoms with Crippen LogP contribution in [0, 0.1) is 11.3 Å². The molecule has 5 aromatic rings. The van der Waals surface area contributed by atoms with Crippen molar-refractivity contribution in [1.82, 2.24) is 9.55 Å². The van der Waals surface area contributed by atoms with Gasteiger partial charge in [-0.05, 0) is 54.8 Å². The lowest BCUT2D eigenvalue weighted by atomic mass is 9.99. The minimum absolute atomic E-state index is 0.0108. The summed E-state index contributed by atoms with van der Waals surface area (Å²) in [6, 6.07) is 16.4. The average Bonchev–Trinajstić information content (AvgIpc) is 3.31. The maximum Gasteiger partial charge on any atom is 0.332 e. The molecule has 6 rings (SSSR count). The number of halogens is 1. The highest BCUT2D eigenvalue weighted by molar-refractivity contribution is 7.86. The number of methoxy groups -OCH3 is 1. The van der Waals surface area contributed by atoms with E-state index in [2.05, 4.69) is 15.6 Å². The summed E-state index contributed by atoms with van der Waals surface area (Å²) in [6.45, 7) is 1.13. The van der Waals surface area contributed by atoms with Crippen LogP contribution in [0.1, 0.15) is 24.4 Å². The smallest absolute Gasteiger partial charge is 0.332 e. The number of aromatic amines is 1. The van der Waals surface area contributed by atoms with E-state index in [0.29, 0.717) is 63.1 Å². The molecule has 0 saturated carbocycles. The van der Waals surface area contributed by atoms with Crippen LogP contribution in [0.2, 0.25) is 0 Å². The number of hydrogen-bond acceptors (Lipinski definition) is 6. The molecule has 192 valence electrons. The summed E-state index contributed by atoms with van der Waals surface area (Å²) < 4.78 is 50.3. The second-order valence-electron chi connectivity index (χ2n) is 9.30. The molecular weight excluding hydrogens is 509 g/mol. The number of benzene rings is 3. The maximum atomic E-state index is 13.9. The first-order valence-electron chi connectivity index (χ1n) is 12.0. The van der Waals surface area contributed by atoms with E-state index in [1.807, 2.05) is 0 Å². The number of H-pyrrole nitrogens is 1. The van der Waals surface area contributed by atoms with Crippen LogP contribution in [0.4, 0.5) is 3.89 Å². The van der Waals surface area contributed by atoms with E-state index in [1.54, 1.807) is 36.4 Å². The Morgan fingerprint density at radius 1 is 1.11 bits per heavy atom. The molecule has 3 aromatic carbocycles. The summed E-state index contributed by atoms with van der Waals surface area (Å²) in [5, 5.41) is 11.1. The lowest BCUT2D eigenvalue weighted by molar-refractivity contribution is 0.0715. The monoisotopic (exact) mass is 531 g/mol. The molecule has 0 radical (unpaired) electrons. The predicted molar refractivity (Wildman–Crippen MR) is 142 cm³/mol. The van der Waals surface area contributed by atoms with Crippen molar-refractivity contribution in [2.75, 3.05) is 20.3 Å². The summed E-state index contributed by atoms with van der Waals surface area (Å²) in [4.78, 5) is 16.9. The molecule has 1 saturated heterocycles. The van der Waals surface area contributed by atoms with Crippen molar-refractivity contribution in [1.29, 1.82) is 5.26 Å². The summed E-state index contributed by atoms with van der Waals surface area (Å²) in [5.41, 5.74) is 3.18. The summed E-state index contributed by atoms with van der Waals surface area (Å²) in [5.74, 6) is 0.354. The van der Waals surface area contributed by atoms with E-state index in [9.17, 15) is 22.4 Å². The van der Waals surface area contributed by atoms with Crippen LogP contribution < -0.4 is 10.2 Å². The number of aromatic nitrogens is 2. The topological polar surface area (TPSA) is 114 Å². The molecule has 8 nitrogen and oxygen atoms in total. The molecule has 2 aromatic heterocycles. The quantitative estimate of drug-likeness (QED) is 0.319. The molecule has 0 amide bonds. The Kier molecular flexibility index (Phi) is 5.70. The van der Waals surface area contributed by atoms with Crippen LogP contribution in [-0.2, 0) is 15.0 Å². The van der Waals surface area contributed by atoms with Crippen molar-refractivity contribution in [3.8, 4) is 22.9 Å². The van der Waals surface area contributed by atoms with Gasteiger partial charge in [0.25, 0.3) is 0 Å². The normalized spacial score (nSPS) is 14.8. The first-order chi connectivity index (χ1) is 18.3. The molecule has 0 unspecified atom stereocenters. The molecule has 38 heavy (non-hydrogen) atoms. The van der Waals surface area contributed by atoms with E-state index < -0.39 is 15.1 Å². The number of rotatable bonds is 4. The Labute approximate surface area is 217 Å². The lowest BCUT2D eigenvalue weighted by Gasteiger charge is -2.27. The van der Waals surface area contributed by atoms with E-state index in [0.717, 1.165) is 18.2 Å². The fraction of sp³-hybridized carbons (Fsp3) is 0.214. The van der Waals surface area contributed by atoms with E-state index in [4.69, 9.17) is 9.47 Å². The predicted octanol–water partition coefficient (Wildman–Crippen LogP) is 5.19. The van der Waals surface area contributed by atoms with E-state index in [-0.39, 0.29) is 11.5 Å². The molecule has 0 spiro atoms. The van der Waals surface area contributed by atoms with Crippen LogP contribution in [0.15, 0.2) is 64.3 Å². The van der Waals surface area contributed by atoms with Crippen molar-refractivity contribution in [3.05, 3.63) is 70.4 Å². The molecule has 1 aliphatic heterocycles. The van der Waals surface area contributed by atoms with Gasteiger partial charge in [0.05, 0.1) is 39.9 Å². The molecule has 1 N–H and O–H groups in total. The minimum atomic E-state index is -4.91. The SMILES string of the molecule is COc1cc2c(=O)c3c4ccc(C#N)cc4[nH]c3n(C3CCOCC3)c2cc1-c1cccc(S(=O)(=O)F)c1. The van der Waals surface area contributed by atoms with Gasteiger partial charge in [-0.1, -0.05) is 18.2 Å². The van der Waals surface area contributed by atoms with Crippen molar-refractivity contribution >= 4 is 43.1 Å². The Balaban J connectivity index is 1.74. The highest BCUT2D eigenvalue weighted by Gasteiger charge is 2.25. The van der Waals surface area contributed by atoms with Crippen molar-refractivity contribution in [2.24, 2.45) is 0 Å². The summed E-state index contributed by atoms with van der Waals surface area (Å²) >= 11 is 0. The zero-order chi connectivity index (χ0) is 26.6. The van der Waals surface area contributed by atoms with Gasteiger partial charge in [-0.2, -0.15) is 13.7 Å². The van der Waals surface area contributed by atoms with Crippen LogP contribution in [0.5, 0.6) is 5.75 Å². The zero-order valence-corrected chi connectivity index (χ0v) is 21.1. The fourth-order valence-corrected chi connectivity index (χ4v) is 5.91. The van der Waals surface area contributed by atoms with Gasteiger partial charge in [-0.15, -0.1) is 3.89 Å². The van der Waals surface area contributed by atoms with Crippen LogP contribution in [-0.4, -0.2) is 38.3 Å². The zero-order valence-electron chi connectivity index (χ0n) is 20.3. The van der Waals surface area contributed by atoms with Crippen molar-refractivity contribution in [2.45, 2.75) is 23.8 Å². The number of nitrogens with zero attached hydrogens (tertiary/aromatic N) is 2. The van der Waals surface area contributed by atoms with Gasteiger partial charge >= 0.3 is 10.2 Å². The van der Waals surface area contributed by atoms with E-state index in [1.165, 1.54) is 25.3 Å². The van der Waals surface area contributed by atoms with Gasteiger partial charge in [0.15, 0.2) is 5.43 Å². The second-order valence-corrected chi connectivity index (χ2v) is 10.6. The third-order valence-electron chi connectivity index (χ3n) is 7.18. The molecular formula is C28H22FN3O5S. The Morgan fingerprint density at radius 2 is 1.89 bits per heavy atom. The minimum Gasteiger partial charge on any atom is -0.496 e. The highest BCUT2D eigenvalue weighted by atomic mass is 32.3. The Bertz CT molecular complexity index is 1960. The van der Waals surface area contributed by atoms with Gasteiger partial charge in [0, 0.05) is 35.7 Å². The van der Waals surface area contributed by atoms with Crippen LogP contribution >= 0.6 is 0 Å². The molecule has 10 heteroatoms. The highest BCUT2D eigenvalue weighted by Crippen LogP contribution is 2.38. The Hall–Kier alpha value is -4.20. The number of pyridine rings is 1. The molecule has 0 bridgehead atoms. The maximum absolute atomic E-state index is 13.9. The number of hydrogen-bond donors (Lipinski definition) is 1. The molecule has 1 aliphatic rings. The van der Waals surface area contributed by atoms with Gasteiger partial charge in [-0.3, -0.25) is 4.79 Å². The average molecular weight is 532 g/mol. The van der Waals surface area contributed by atoms with E-state index >= 15 is 0 Å².